The van der Waals surface area contributed by atoms with Crippen LogP contribution in [0.2, 0.25) is 0 Å². The minimum atomic E-state index is -0.943. The highest BCUT2D eigenvalue weighted by molar-refractivity contribution is 9.10. The number of hydrogen-bond donors (Lipinski definition) is 1. The molecule has 1 heterocycles. The van der Waals surface area contributed by atoms with Crippen LogP contribution in [0.1, 0.15) is 28.3 Å². The molecule has 2 aliphatic rings. The third kappa shape index (κ3) is 1.29. The summed E-state index contributed by atoms with van der Waals surface area (Å²) in [6, 6.07) is 3.54. The first-order valence-electron chi connectivity index (χ1n) is 5.07. The number of carboxylic acid groups (broad SMARTS) is 1. The summed E-state index contributed by atoms with van der Waals surface area (Å²) >= 11 is 3.34. The summed E-state index contributed by atoms with van der Waals surface area (Å²) in [6.07, 6.45) is 5.12. The smallest absolute Gasteiger partial charge is 0.339 e. The summed E-state index contributed by atoms with van der Waals surface area (Å²) in [6.45, 7) is 0. The Kier molecular flexibility index (Phi) is 2.07. The van der Waals surface area contributed by atoms with Gasteiger partial charge in [0.25, 0.3) is 0 Å². The lowest BCUT2D eigenvalue weighted by Crippen LogP contribution is -2.12. The molecule has 0 amide bonds. The minimum absolute atomic E-state index is 0.0856. The minimum Gasteiger partial charge on any atom is -0.488 e. The van der Waals surface area contributed by atoms with E-state index in [0.717, 1.165) is 16.5 Å². The fourth-order valence-corrected chi connectivity index (χ4v) is 2.83. The van der Waals surface area contributed by atoms with E-state index >= 15 is 0 Å². The van der Waals surface area contributed by atoms with Crippen LogP contribution in [-0.2, 0) is 0 Å². The van der Waals surface area contributed by atoms with Crippen molar-refractivity contribution in [2.75, 3.05) is 0 Å². The molecule has 0 saturated heterocycles. The summed E-state index contributed by atoms with van der Waals surface area (Å²) in [4.78, 5) is 11.1. The standard InChI is InChI=1S/C12H9BrO3/c13-6-4-8-7-2-1-3-10(7)16-11(8)9(5-6)12(14)15/h1-2,4-5,7,10H,3H2,(H,14,15)/t7-,10?/m0/s1. The molecular formula is C12H9BrO3. The van der Waals surface area contributed by atoms with Gasteiger partial charge in [0.2, 0.25) is 0 Å². The lowest BCUT2D eigenvalue weighted by molar-refractivity contribution is 0.0691. The van der Waals surface area contributed by atoms with E-state index in [1.165, 1.54) is 0 Å². The quantitative estimate of drug-likeness (QED) is 0.805. The lowest BCUT2D eigenvalue weighted by Gasteiger charge is -2.08. The van der Waals surface area contributed by atoms with Crippen molar-refractivity contribution in [3.05, 3.63) is 39.9 Å². The van der Waals surface area contributed by atoms with Gasteiger partial charge in [-0.3, -0.25) is 0 Å². The number of aromatic carboxylic acids is 1. The van der Waals surface area contributed by atoms with Gasteiger partial charge in [-0.2, -0.15) is 0 Å². The van der Waals surface area contributed by atoms with E-state index in [2.05, 4.69) is 28.1 Å². The van der Waals surface area contributed by atoms with Crippen LogP contribution >= 0.6 is 15.9 Å². The van der Waals surface area contributed by atoms with Crippen molar-refractivity contribution >= 4 is 21.9 Å². The molecule has 4 heteroatoms. The van der Waals surface area contributed by atoms with Gasteiger partial charge in [-0.05, 0) is 12.1 Å². The molecule has 1 aliphatic carbocycles. The summed E-state index contributed by atoms with van der Waals surface area (Å²) < 4.78 is 6.50. The number of carboxylic acids is 1. The van der Waals surface area contributed by atoms with E-state index in [1.807, 2.05) is 6.07 Å². The predicted molar refractivity (Wildman–Crippen MR) is 62.0 cm³/mol. The molecule has 0 bridgehead atoms. The van der Waals surface area contributed by atoms with E-state index in [4.69, 9.17) is 9.84 Å². The molecule has 0 saturated carbocycles. The number of halogens is 1. The third-order valence-corrected chi connectivity index (χ3v) is 3.51. The Hall–Kier alpha value is -1.29. The molecule has 82 valence electrons. The first-order valence-corrected chi connectivity index (χ1v) is 5.86. The van der Waals surface area contributed by atoms with E-state index in [-0.39, 0.29) is 17.6 Å². The summed E-state index contributed by atoms with van der Waals surface area (Å²) in [5.74, 6) is -0.192. The Morgan fingerprint density at radius 1 is 1.50 bits per heavy atom. The molecule has 1 aliphatic heterocycles. The molecule has 1 aromatic rings. The van der Waals surface area contributed by atoms with Crippen LogP contribution in [0, 0.1) is 0 Å². The molecule has 3 nitrogen and oxygen atoms in total. The maximum atomic E-state index is 11.1. The molecule has 0 radical (unpaired) electrons. The average molecular weight is 281 g/mol. The van der Waals surface area contributed by atoms with Gasteiger partial charge in [0.15, 0.2) is 0 Å². The van der Waals surface area contributed by atoms with E-state index in [0.29, 0.717) is 5.75 Å². The first-order chi connectivity index (χ1) is 7.66. The summed E-state index contributed by atoms with van der Waals surface area (Å²) in [5, 5.41) is 9.12. The van der Waals surface area contributed by atoms with Crippen molar-refractivity contribution in [1.82, 2.24) is 0 Å². The van der Waals surface area contributed by atoms with Crippen molar-refractivity contribution in [1.29, 1.82) is 0 Å². The van der Waals surface area contributed by atoms with Crippen molar-refractivity contribution < 1.29 is 14.6 Å². The van der Waals surface area contributed by atoms with Crippen LogP contribution in [0.3, 0.4) is 0 Å². The molecule has 16 heavy (non-hydrogen) atoms. The Morgan fingerprint density at radius 3 is 3.06 bits per heavy atom. The zero-order chi connectivity index (χ0) is 11.3. The zero-order valence-electron chi connectivity index (χ0n) is 8.31. The topological polar surface area (TPSA) is 46.5 Å². The molecule has 1 aromatic carbocycles. The zero-order valence-corrected chi connectivity index (χ0v) is 9.90. The average Bonchev–Trinajstić information content (AvgIpc) is 2.77. The SMILES string of the molecule is O=C(O)c1cc(Br)cc2c1OC1CC=C[C@@H]21. The van der Waals surface area contributed by atoms with Crippen LogP contribution in [-0.4, -0.2) is 17.2 Å². The highest BCUT2D eigenvalue weighted by Gasteiger charge is 2.37. The second-order valence-corrected chi connectivity index (χ2v) is 4.94. The van der Waals surface area contributed by atoms with E-state index < -0.39 is 5.97 Å². The largest absolute Gasteiger partial charge is 0.488 e. The van der Waals surface area contributed by atoms with Gasteiger partial charge in [-0.1, -0.05) is 28.1 Å². The molecule has 2 atom stereocenters. The maximum Gasteiger partial charge on any atom is 0.339 e. The van der Waals surface area contributed by atoms with Crippen LogP contribution in [0.15, 0.2) is 28.8 Å². The van der Waals surface area contributed by atoms with Gasteiger partial charge in [-0.15, -0.1) is 0 Å². The lowest BCUT2D eigenvalue weighted by atomic mass is 9.97. The fourth-order valence-electron chi connectivity index (χ4n) is 2.36. The normalized spacial score (nSPS) is 25.1. The molecule has 1 unspecified atom stereocenters. The molecule has 1 N–H and O–H groups in total. The number of fused-ring (bicyclic) bond motifs is 3. The van der Waals surface area contributed by atoms with Crippen LogP contribution in [0.4, 0.5) is 0 Å². The van der Waals surface area contributed by atoms with Gasteiger partial charge < -0.3 is 9.84 Å². The van der Waals surface area contributed by atoms with E-state index in [1.54, 1.807) is 6.07 Å². The Bertz CT molecular complexity index is 507. The van der Waals surface area contributed by atoms with Crippen LogP contribution in [0.5, 0.6) is 5.75 Å². The van der Waals surface area contributed by atoms with Crippen molar-refractivity contribution in [3.8, 4) is 5.75 Å². The highest BCUT2D eigenvalue weighted by atomic mass is 79.9. The van der Waals surface area contributed by atoms with Crippen molar-refractivity contribution in [3.63, 3.8) is 0 Å². The second-order valence-electron chi connectivity index (χ2n) is 4.02. The highest BCUT2D eigenvalue weighted by Crippen LogP contribution is 2.46. The Labute approximate surface area is 101 Å². The molecule has 3 rings (SSSR count). The number of rotatable bonds is 1. The second kappa shape index (κ2) is 3.35. The Morgan fingerprint density at radius 2 is 2.31 bits per heavy atom. The van der Waals surface area contributed by atoms with Crippen molar-refractivity contribution in [2.24, 2.45) is 0 Å². The van der Waals surface area contributed by atoms with Crippen LogP contribution in [0.25, 0.3) is 0 Å². The fraction of sp³-hybridized carbons (Fsp3) is 0.250. The maximum absolute atomic E-state index is 11.1. The summed E-state index contributed by atoms with van der Waals surface area (Å²) in [5.41, 5.74) is 1.22. The first kappa shape index (κ1) is 9.90. The van der Waals surface area contributed by atoms with Gasteiger partial charge in [0.05, 0.1) is 0 Å². The number of carbonyl (C=O) groups is 1. The molecule has 0 aromatic heterocycles. The van der Waals surface area contributed by atoms with Crippen LogP contribution < -0.4 is 4.74 Å². The molecule has 0 fully saturated rings. The molecular weight excluding hydrogens is 272 g/mol. The van der Waals surface area contributed by atoms with Gasteiger partial charge >= 0.3 is 5.97 Å². The summed E-state index contributed by atoms with van der Waals surface area (Å²) in [7, 11) is 0. The number of benzene rings is 1. The van der Waals surface area contributed by atoms with E-state index in [9.17, 15) is 4.79 Å². The van der Waals surface area contributed by atoms with Crippen molar-refractivity contribution in [2.45, 2.75) is 18.4 Å². The monoisotopic (exact) mass is 280 g/mol. The Balaban J connectivity index is 2.20. The van der Waals surface area contributed by atoms with Gasteiger partial charge in [-0.25, -0.2) is 4.79 Å². The predicted octanol–water partition coefficient (Wildman–Crippen LogP) is 2.95. The molecule has 0 spiro atoms. The number of hydrogen-bond acceptors (Lipinski definition) is 2. The van der Waals surface area contributed by atoms with Gasteiger partial charge in [0, 0.05) is 22.4 Å². The number of ether oxygens (including phenoxy) is 1. The van der Waals surface area contributed by atoms with Gasteiger partial charge in [0.1, 0.15) is 17.4 Å². The third-order valence-electron chi connectivity index (χ3n) is 3.05.